The number of hydrogen-bond acceptors (Lipinski definition) is 4. The first-order valence-electron chi connectivity index (χ1n) is 9.74. The molecule has 0 atom stereocenters. The molecule has 0 fully saturated rings. The molecule has 4 nitrogen and oxygen atoms in total. The van der Waals surface area contributed by atoms with E-state index in [-0.39, 0.29) is 37.2 Å². The Labute approximate surface area is 200 Å². The largest absolute Gasteiger partial charge is 0.493 e. The van der Waals surface area contributed by atoms with Crippen molar-refractivity contribution in [3.8, 4) is 11.5 Å². The van der Waals surface area contributed by atoms with Crippen molar-refractivity contribution in [1.29, 1.82) is 0 Å². The van der Waals surface area contributed by atoms with Crippen molar-refractivity contribution in [1.82, 2.24) is 10.2 Å². The lowest BCUT2D eigenvalue weighted by molar-refractivity contribution is 0.277. The normalized spacial score (nSPS) is 10.3. The van der Waals surface area contributed by atoms with Crippen molar-refractivity contribution in [2.45, 2.75) is 33.4 Å². The molecule has 0 saturated carbocycles. The third kappa shape index (κ3) is 8.98. The van der Waals surface area contributed by atoms with Crippen LogP contribution in [0.1, 0.15) is 31.4 Å². The Morgan fingerprint density at radius 1 is 1.10 bits per heavy atom. The molecule has 2 aromatic rings. The minimum absolute atomic E-state index is 0. The van der Waals surface area contributed by atoms with Crippen molar-refractivity contribution in [3.63, 3.8) is 0 Å². The summed E-state index contributed by atoms with van der Waals surface area (Å²) < 4.78 is 25.9. The van der Waals surface area contributed by atoms with Gasteiger partial charge in [0, 0.05) is 12.1 Å². The van der Waals surface area contributed by atoms with Crippen LogP contribution in [0.2, 0.25) is 0 Å². The number of benzene rings is 2. The Kier molecular flexibility index (Phi) is 15.2. The first-order valence-corrected chi connectivity index (χ1v) is 10.5. The van der Waals surface area contributed by atoms with E-state index in [0.717, 1.165) is 49.2 Å². The quantitative estimate of drug-likeness (QED) is 0.353. The molecular formula is C22H32BrCl2FN2O2. The maximum Gasteiger partial charge on any atom is 0.175 e. The van der Waals surface area contributed by atoms with E-state index in [0.29, 0.717) is 17.1 Å². The zero-order valence-corrected chi connectivity index (χ0v) is 21.0. The van der Waals surface area contributed by atoms with E-state index in [4.69, 9.17) is 9.47 Å². The Bertz CT molecular complexity index is 749. The molecule has 2 aromatic carbocycles. The molecule has 2 rings (SSSR count). The minimum Gasteiger partial charge on any atom is -0.493 e. The number of ether oxygens (including phenoxy) is 2. The van der Waals surface area contributed by atoms with Gasteiger partial charge in [-0.05, 0) is 72.3 Å². The van der Waals surface area contributed by atoms with Crippen LogP contribution in [0.5, 0.6) is 11.5 Å². The third-order valence-corrected chi connectivity index (χ3v) is 5.26. The second-order valence-electron chi connectivity index (χ2n) is 6.55. The average Bonchev–Trinajstić information content (AvgIpc) is 2.70. The highest BCUT2D eigenvalue weighted by atomic mass is 79.9. The number of nitrogens with zero attached hydrogens (tertiary/aromatic N) is 1. The Balaban J connectivity index is 0.00000420. The molecule has 0 bridgehead atoms. The summed E-state index contributed by atoms with van der Waals surface area (Å²) in [6.45, 7) is 9.53. The lowest BCUT2D eigenvalue weighted by Crippen LogP contribution is -2.27. The summed E-state index contributed by atoms with van der Waals surface area (Å²) in [6.07, 6.45) is 1.11. The zero-order chi connectivity index (χ0) is 20.4. The summed E-state index contributed by atoms with van der Waals surface area (Å²) in [5.41, 5.74) is 1.61. The smallest absolute Gasteiger partial charge is 0.175 e. The highest BCUT2D eigenvalue weighted by molar-refractivity contribution is 9.10. The van der Waals surface area contributed by atoms with Gasteiger partial charge in [0.25, 0.3) is 0 Å². The van der Waals surface area contributed by atoms with Crippen LogP contribution in [0.15, 0.2) is 40.9 Å². The van der Waals surface area contributed by atoms with Crippen LogP contribution in [0.3, 0.4) is 0 Å². The van der Waals surface area contributed by atoms with E-state index in [1.807, 2.05) is 12.1 Å². The SMILES string of the molecule is CCN(CC)CCCNCc1cc(Br)c(OCc2ccccc2F)c(OC)c1.Cl.Cl. The number of nitrogens with one attached hydrogen (secondary N) is 1. The second kappa shape index (κ2) is 15.7. The number of hydrogen-bond donors (Lipinski definition) is 1. The topological polar surface area (TPSA) is 33.7 Å². The van der Waals surface area contributed by atoms with E-state index in [2.05, 4.69) is 40.0 Å². The summed E-state index contributed by atoms with van der Waals surface area (Å²) in [5, 5.41) is 3.48. The van der Waals surface area contributed by atoms with Crippen LogP contribution >= 0.6 is 40.7 Å². The van der Waals surface area contributed by atoms with E-state index in [1.165, 1.54) is 6.07 Å². The van der Waals surface area contributed by atoms with E-state index in [9.17, 15) is 4.39 Å². The monoisotopic (exact) mass is 524 g/mol. The maximum atomic E-state index is 13.8. The molecular weight excluding hydrogens is 494 g/mol. The van der Waals surface area contributed by atoms with Gasteiger partial charge in [0.05, 0.1) is 11.6 Å². The number of halogens is 4. The van der Waals surface area contributed by atoms with Gasteiger partial charge in [-0.3, -0.25) is 0 Å². The van der Waals surface area contributed by atoms with Gasteiger partial charge in [0.15, 0.2) is 11.5 Å². The fraction of sp³-hybridized carbons (Fsp3) is 0.455. The zero-order valence-electron chi connectivity index (χ0n) is 17.7. The van der Waals surface area contributed by atoms with Gasteiger partial charge >= 0.3 is 0 Å². The van der Waals surface area contributed by atoms with Gasteiger partial charge in [0.2, 0.25) is 0 Å². The summed E-state index contributed by atoms with van der Waals surface area (Å²) in [6, 6.07) is 10.6. The van der Waals surface area contributed by atoms with Crippen molar-refractivity contribution < 1.29 is 13.9 Å². The fourth-order valence-corrected chi connectivity index (χ4v) is 3.58. The Hall–Kier alpha value is -1.05. The van der Waals surface area contributed by atoms with Crippen molar-refractivity contribution >= 4 is 40.7 Å². The Morgan fingerprint density at radius 2 is 1.80 bits per heavy atom. The van der Waals surface area contributed by atoms with Gasteiger partial charge in [0.1, 0.15) is 12.4 Å². The molecule has 0 radical (unpaired) electrons. The van der Waals surface area contributed by atoms with Crippen LogP contribution in [-0.4, -0.2) is 38.2 Å². The van der Waals surface area contributed by atoms with Crippen molar-refractivity contribution in [2.24, 2.45) is 0 Å². The van der Waals surface area contributed by atoms with E-state index >= 15 is 0 Å². The standard InChI is InChI=1S/C22H30BrFN2O2.2ClH/c1-4-26(5-2)12-8-11-25-15-17-13-19(23)22(21(14-17)27-3)28-16-18-9-6-7-10-20(18)24;;/h6-7,9-10,13-14,25H,4-5,8,11-12,15-16H2,1-3H3;2*1H. The van der Waals surface area contributed by atoms with Crippen LogP contribution in [-0.2, 0) is 13.2 Å². The first-order chi connectivity index (χ1) is 13.6. The highest BCUT2D eigenvalue weighted by Gasteiger charge is 2.13. The lowest BCUT2D eigenvalue weighted by atomic mass is 10.2. The lowest BCUT2D eigenvalue weighted by Gasteiger charge is -2.18. The van der Waals surface area contributed by atoms with Crippen LogP contribution in [0.4, 0.5) is 4.39 Å². The predicted octanol–water partition coefficient (Wildman–Crippen LogP) is 5.84. The molecule has 0 aromatic heterocycles. The fourth-order valence-electron chi connectivity index (χ4n) is 2.98. The molecule has 0 aliphatic carbocycles. The first kappa shape index (κ1) is 28.9. The molecule has 170 valence electrons. The van der Waals surface area contributed by atoms with Crippen LogP contribution in [0, 0.1) is 5.82 Å². The summed E-state index contributed by atoms with van der Waals surface area (Å²) in [5.74, 6) is 0.935. The molecule has 1 N–H and O–H groups in total. The van der Waals surface area contributed by atoms with E-state index in [1.54, 1.807) is 25.3 Å². The van der Waals surface area contributed by atoms with Crippen molar-refractivity contribution in [3.05, 3.63) is 57.8 Å². The molecule has 0 amide bonds. The molecule has 0 heterocycles. The van der Waals surface area contributed by atoms with Gasteiger partial charge in [-0.15, -0.1) is 24.8 Å². The highest BCUT2D eigenvalue weighted by Crippen LogP contribution is 2.37. The van der Waals surface area contributed by atoms with Crippen molar-refractivity contribution in [2.75, 3.05) is 33.3 Å². The summed E-state index contributed by atoms with van der Waals surface area (Å²) in [7, 11) is 1.61. The molecule has 8 heteroatoms. The minimum atomic E-state index is -0.275. The third-order valence-electron chi connectivity index (χ3n) is 4.67. The maximum absolute atomic E-state index is 13.8. The number of methoxy groups -OCH3 is 1. The molecule has 30 heavy (non-hydrogen) atoms. The van der Waals surface area contributed by atoms with Gasteiger partial charge in [-0.2, -0.15) is 0 Å². The summed E-state index contributed by atoms with van der Waals surface area (Å²) in [4.78, 5) is 2.42. The summed E-state index contributed by atoms with van der Waals surface area (Å²) >= 11 is 3.56. The molecule has 0 aliphatic heterocycles. The second-order valence-corrected chi connectivity index (χ2v) is 7.40. The van der Waals surface area contributed by atoms with Gasteiger partial charge < -0.3 is 19.7 Å². The average molecular weight is 526 g/mol. The van der Waals surface area contributed by atoms with E-state index < -0.39 is 0 Å². The van der Waals surface area contributed by atoms with Crippen LogP contribution in [0.25, 0.3) is 0 Å². The molecule has 0 aliphatic rings. The van der Waals surface area contributed by atoms with Crippen LogP contribution < -0.4 is 14.8 Å². The molecule has 0 spiro atoms. The predicted molar refractivity (Wildman–Crippen MR) is 130 cm³/mol. The molecule has 0 unspecified atom stereocenters. The van der Waals surface area contributed by atoms with Gasteiger partial charge in [-0.1, -0.05) is 32.0 Å². The van der Waals surface area contributed by atoms with Gasteiger partial charge in [-0.25, -0.2) is 4.39 Å². The Morgan fingerprint density at radius 3 is 2.43 bits per heavy atom. The molecule has 0 saturated heterocycles. The number of rotatable bonds is 12.